The number of rotatable bonds is 6. The Morgan fingerprint density at radius 1 is 1.25 bits per heavy atom. The van der Waals surface area contributed by atoms with Gasteiger partial charge >= 0.3 is 0 Å². The molecule has 0 aliphatic heterocycles. The normalized spacial score (nSPS) is 11.8. The molecule has 126 valence electrons. The minimum atomic E-state index is -3.61. The monoisotopic (exact) mass is 364 g/mol. The number of aromatic nitrogens is 1. The van der Waals surface area contributed by atoms with Gasteiger partial charge in [-0.2, -0.15) is 4.31 Å². The van der Waals surface area contributed by atoms with Gasteiger partial charge in [0, 0.05) is 7.05 Å². The maximum Gasteiger partial charge on any atom is 0.243 e. The molecule has 0 fully saturated rings. The summed E-state index contributed by atoms with van der Waals surface area (Å²) in [5, 5.41) is 1.93. The minimum absolute atomic E-state index is 0.128. The Labute approximate surface area is 144 Å². The van der Waals surface area contributed by atoms with Gasteiger partial charge in [0.2, 0.25) is 15.9 Å². The van der Waals surface area contributed by atoms with Crippen molar-refractivity contribution in [3.8, 4) is 16.5 Å². The zero-order valence-corrected chi connectivity index (χ0v) is 14.8. The highest BCUT2D eigenvalue weighted by molar-refractivity contribution is 7.89. The SMILES string of the molecule is COc1ccc(S(=O)(=O)N(C)Cc2coc(-c3cccs3)n2)cc1. The number of methoxy groups -OCH3 is 1. The number of benzene rings is 1. The Hall–Kier alpha value is -2.16. The van der Waals surface area contributed by atoms with Crippen molar-refractivity contribution in [3.63, 3.8) is 0 Å². The summed E-state index contributed by atoms with van der Waals surface area (Å²) in [6.07, 6.45) is 1.48. The first kappa shape index (κ1) is 16.7. The Morgan fingerprint density at radius 2 is 2.00 bits per heavy atom. The second-order valence-electron chi connectivity index (χ2n) is 5.06. The van der Waals surface area contributed by atoms with Crippen molar-refractivity contribution in [3.05, 3.63) is 53.7 Å². The van der Waals surface area contributed by atoms with Gasteiger partial charge in [-0.3, -0.25) is 0 Å². The largest absolute Gasteiger partial charge is 0.497 e. The van der Waals surface area contributed by atoms with Crippen LogP contribution in [0.1, 0.15) is 5.69 Å². The highest BCUT2D eigenvalue weighted by Crippen LogP contribution is 2.25. The minimum Gasteiger partial charge on any atom is -0.497 e. The van der Waals surface area contributed by atoms with E-state index in [0.717, 1.165) is 4.88 Å². The van der Waals surface area contributed by atoms with Gasteiger partial charge in [-0.05, 0) is 35.7 Å². The van der Waals surface area contributed by atoms with E-state index in [0.29, 0.717) is 17.3 Å². The molecule has 3 aromatic rings. The fraction of sp³-hybridized carbons (Fsp3) is 0.188. The Bertz CT molecular complexity index is 900. The smallest absolute Gasteiger partial charge is 0.243 e. The van der Waals surface area contributed by atoms with Gasteiger partial charge in [0.1, 0.15) is 12.0 Å². The molecule has 0 bridgehead atoms. The lowest BCUT2D eigenvalue weighted by molar-refractivity contribution is 0.414. The quantitative estimate of drug-likeness (QED) is 0.671. The molecule has 8 heteroatoms. The maximum atomic E-state index is 12.6. The molecule has 2 aromatic heterocycles. The van der Waals surface area contributed by atoms with Crippen molar-refractivity contribution >= 4 is 21.4 Å². The van der Waals surface area contributed by atoms with Crippen molar-refractivity contribution in [2.75, 3.05) is 14.2 Å². The number of hydrogen-bond acceptors (Lipinski definition) is 6. The maximum absolute atomic E-state index is 12.6. The van der Waals surface area contributed by atoms with Crippen LogP contribution in [0.15, 0.2) is 57.4 Å². The summed E-state index contributed by atoms with van der Waals surface area (Å²) in [4.78, 5) is 5.45. The summed E-state index contributed by atoms with van der Waals surface area (Å²) in [5.41, 5.74) is 0.554. The van der Waals surface area contributed by atoms with E-state index in [9.17, 15) is 8.42 Å². The van der Waals surface area contributed by atoms with Crippen LogP contribution in [0.25, 0.3) is 10.8 Å². The first-order valence-electron chi connectivity index (χ1n) is 7.09. The predicted molar refractivity (Wildman–Crippen MR) is 91.5 cm³/mol. The topological polar surface area (TPSA) is 72.6 Å². The van der Waals surface area contributed by atoms with Gasteiger partial charge in [0.25, 0.3) is 0 Å². The number of sulfonamides is 1. The third-order valence-corrected chi connectivity index (χ3v) is 6.11. The lowest BCUT2D eigenvalue weighted by atomic mass is 10.3. The molecular weight excluding hydrogens is 348 g/mol. The summed E-state index contributed by atoms with van der Waals surface area (Å²) >= 11 is 1.51. The van der Waals surface area contributed by atoms with Crippen molar-refractivity contribution < 1.29 is 17.6 Å². The molecule has 0 spiro atoms. The third kappa shape index (κ3) is 3.35. The van der Waals surface area contributed by atoms with Crippen LogP contribution in [0.5, 0.6) is 5.75 Å². The first-order chi connectivity index (χ1) is 11.5. The zero-order chi connectivity index (χ0) is 17.2. The van der Waals surface area contributed by atoms with Gasteiger partial charge in [-0.1, -0.05) is 6.07 Å². The predicted octanol–water partition coefficient (Wildman–Crippen LogP) is 3.23. The van der Waals surface area contributed by atoms with E-state index >= 15 is 0 Å². The summed E-state index contributed by atoms with van der Waals surface area (Å²) < 4.78 is 36.9. The fourth-order valence-corrected chi connectivity index (χ4v) is 3.93. The lowest BCUT2D eigenvalue weighted by Crippen LogP contribution is -2.26. The van der Waals surface area contributed by atoms with Gasteiger partial charge in [0.05, 0.1) is 29.1 Å². The summed E-state index contributed by atoms with van der Waals surface area (Å²) in [6, 6.07) is 10.1. The molecule has 1 aromatic carbocycles. The van der Waals surface area contributed by atoms with Crippen LogP contribution in [0.2, 0.25) is 0 Å². The van der Waals surface area contributed by atoms with E-state index in [1.807, 2.05) is 17.5 Å². The standard InChI is InChI=1S/C16H16N2O4S2/c1-18(24(19,20)14-7-5-13(21-2)6-8-14)10-12-11-22-16(17-12)15-4-3-9-23-15/h3-9,11H,10H2,1-2H3. The summed E-state index contributed by atoms with van der Waals surface area (Å²) in [6.45, 7) is 0.128. The zero-order valence-electron chi connectivity index (χ0n) is 13.2. The fourth-order valence-electron chi connectivity index (χ4n) is 2.13. The van der Waals surface area contributed by atoms with Gasteiger partial charge < -0.3 is 9.15 Å². The number of ether oxygens (including phenoxy) is 1. The van der Waals surface area contributed by atoms with E-state index in [2.05, 4.69) is 4.98 Å². The molecule has 0 unspecified atom stereocenters. The molecule has 0 aliphatic carbocycles. The van der Waals surface area contributed by atoms with Crippen molar-refractivity contribution in [2.24, 2.45) is 0 Å². The van der Waals surface area contributed by atoms with Crippen LogP contribution in [-0.2, 0) is 16.6 Å². The van der Waals surface area contributed by atoms with E-state index < -0.39 is 10.0 Å². The molecule has 24 heavy (non-hydrogen) atoms. The molecule has 6 nitrogen and oxygen atoms in total. The number of nitrogens with zero attached hydrogens (tertiary/aromatic N) is 2. The Morgan fingerprint density at radius 3 is 2.62 bits per heavy atom. The van der Waals surface area contributed by atoms with E-state index in [1.165, 1.54) is 48.2 Å². The lowest BCUT2D eigenvalue weighted by Gasteiger charge is -2.16. The molecule has 0 amide bonds. The van der Waals surface area contributed by atoms with Crippen LogP contribution in [-0.4, -0.2) is 31.9 Å². The van der Waals surface area contributed by atoms with E-state index in [4.69, 9.17) is 9.15 Å². The van der Waals surface area contributed by atoms with Crippen LogP contribution in [0.4, 0.5) is 0 Å². The Balaban J connectivity index is 1.77. The number of hydrogen-bond donors (Lipinski definition) is 0. The van der Waals surface area contributed by atoms with Crippen molar-refractivity contribution in [1.82, 2.24) is 9.29 Å². The first-order valence-corrected chi connectivity index (χ1v) is 9.41. The Kier molecular flexibility index (Phi) is 4.70. The van der Waals surface area contributed by atoms with Crippen LogP contribution >= 0.6 is 11.3 Å². The van der Waals surface area contributed by atoms with Gasteiger partial charge in [-0.15, -0.1) is 11.3 Å². The van der Waals surface area contributed by atoms with Crippen molar-refractivity contribution in [1.29, 1.82) is 0 Å². The molecule has 0 saturated carbocycles. The second-order valence-corrected chi connectivity index (χ2v) is 8.05. The van der Waals surface area contributed by atoms with Gasteiger partial charge in [0.15, 0.2) is 0 Å². The van der Waals surface area contributed by atoms with Crippen LogP contribution in [0, 0.1) is 0 Å². The van der Waals surface area contributed by atoms with E-state index in [-0.39, 0.29) is 11.4 Å². The van der Waals surface area contributed by atoms with Crippen LogP contribution < -0.4 is 4.74 Å². The van der Waals surface area contributed by atoms with Gasteiger partial charge in [-0.25, -0.2) is 13.4 Å². The summed E-state index contributed by atoms with van der Waals surface area (Å²) in [7, 11) is -0.562. The molecule has 3 rings (SSSR count). The average Bonchev–Trinajstić information content (AvgIpc) is 3.26. The molecular formula is C16H16N2O4S2. The molecule has 0 radical (unpaired) electrons. The third-order valence-electron chi connectivity index (χ3n) is 3.44. The number of oxazole rings is 1. The van der Waals surface area contributed by atoms with Crippen molar-refractivity contribution in [2.45, 2.75) is 11.4 Å². The van der Waals surface area contributed by atoms with Crippen LogP contribution in [0.3, 0.4) is 0 Å². The molecule has 0 N–H and O–H groups in total. The van der Waals surface area contributed by atoms with E-state index in [1.54, 1.807) is 12.1 Å². The average molecular weight is 364 g/mol. The highest BCUT2D eigenvalue weighted by atomic mass is 32.2. The molecule has 2 heterocycles. The highest BCUT2D eigenvalue weighted by Gasteiger charge is 2.22. The number of thiophene rings is 1. The summed E-state index contributed by atoms with van der Waals surface area (Å²) in [5.74, 6) is 1.10. The second kappa shape index (κ2) is 6.76. The molecule has 0 aliphatic rings. The molecule has 0 atom stereocenters. The molecule has 0 saturated heterocycles.